The van der Waals surface area contributed by atoms with Gasteiger partial charge in [-0.3, -0.25) is 4.79 Å². The number of aliphatic hydroxyl groups is 2. The molecule has 21 heavy (non-hydrogen) atoms. The van der Waals surface area contributed by atoms with E-state index in [1.807, 2.05) is 0 Å². The number of hydrogen-bond acceptors (Lipinski definition) is 4. The minimum atomic E-state index is -4.96. The number of nitrogens with one attached hydrogen (secondary N) is 1. The van der Waals surface area contributed by atoms with E-state index in [2.05, 4.69) is 10.1 Å². The average molecular weight is 311 g/mol. The number of alkyl halides is 3. The van der Waals surface area contributed by atoms with E-state index in [4.69, 9.17) is 0 Å². The number of halogens is 4. The quantitative estimate of drug-likeness (QED) is 0.715. The Morgan fingerprint density at radius 2 is 2.00 bits per heavy atom. The fourth-order valence-electron chi connectivity index (χ4n) is 1.51. The number of amides is 1. The largest absolute Gasteiger partial charge is 0.573 e. The summed E-state index contributed by atoms with van der Waals surface area (Å²) in [4.78, 5) is 10.7. The molecule has 0 saturated carbocycles. The van der Waals surface area contributed by atoms with Crippen molar-refractivity contribution in [2.75, 3.05) is 6.54 Å². The Morgan fingerprint density at radius 3 is 2.52 bits per heavy atom. The topological polar surface area (TPSA) is 78.8 Å². The molecule has 0 aromatic heterocycles. The number of rotatable bonds is 5. The number of carbonyl (C=O) groups is 1. The third-order valence-corrected chi connectivity index (χ3v) is 2.44. The highest BCUT2D eigenvalue weighted by molar-refractivity contribution is 5.72. The van der Waals surface area contributed by atoms with Crippen LogP contribution >= 0.6 is 0 Å². The first kappa shape index (κ1) is 17.2. The second kappa shape index (κ2) is 6.72. The number of carbonyl (C=O) groups excluding carboxylic acids is 1. The van der Waals surface area contributed by atoms with E-state index in [1.54, 1.807) is 0 Å². The van der Waals surface area contributed by atoms with Crippen LogP contribution in [-0.4, -0.2) is 35.1 Å². The summed E-state index contributed by atoms with van der Waals surface area (Å²) in [6, 6.07) is 2.04. The van der Waals surface area contributed by atoms with Crippen LogP contribution in [0, 0.1) is 5.82 Å². The highest BCUT2D eigenvalue weighted by atomic mass is 19.4. The Hall–Kier alpha value is -1.87. The highest BCUT2D eigenvalue weighted by Crippen LogP contribution is 2.28. The number of ether oxygens (including phenoxy) is 1. The lowest BCUT2D eigenvalue weighted by atomic mass is 10.0. The van der Waals surface area contributed by atoms with Crippen molar-refractivity contribution in [1.82, 2.24) is 5.32 Å². The number of hydrogen-bond donors (Lipinski definition) is 3. The van der Waals surface area contributed by atoms with E-state index in [0.29, 0.717) is 12.1 Å². The minimum absolute atomic E-state index is 0.389. The summed E-state index contributed by atoms with van der Waals surface area (Å²) in [6.07, 6.45) is -8.38. The maximum Gasteiger partial charge on any atom is 0.573 e. The Balaban J connectivity index is 2.89. The van der Waals surface area contributed by atoms with E-state index >= 15 is 0 Å². The molecule has 0 aliphatic heterocycles. The van der Waals surface area contributed by atoms with Crippen LogP contribution in [0.15, 0.2) is 18.2 Å². The summed E-state index contributed by atoms with van der Waals surface area (Å²) in [5.41, 5.74) is -0.574. The smallest absolute Gasteiger partial charge is 0.406 e. The van der Waals surface area contributed by atoms with Gasteiger partial charge >= 0.3 is 6.36 Å². The second-order valence-electron chi connectivity index (χ2n) is 4.18. The predicted octanol–water partition coefficient (Wildman–Crippen LogP) is 1.25. The van der Waals surface area contributed by atoms with Gasteiger partial charge in [-0.2, -0.15) is 0 Å². The van der Waals surface area contributed by atoms with Crippen molar-refractivity contribution in [2.24, 2.45) is 0 Å². The van der Waals surface area contributed by atoms with Crippen LogP contribution in [0.2, 0.25) is 0 Å². The zero-order chi connectivity index (χ0) is 16.2. The van der Waals surface area contributed by atoms with Gasteiger partial charge in [0.2, 0.25) is 5.91 Å². The third kappa shape index (κ3) is 5.56. The van der Waals surface area contributed by atoms with Crippen LogP contribution in [0.4, 0.5) is 17.6 Å². The third-order valence-electron chi connectivity index (χ3n) is 2.44. The first-order valence-electron chi connectivity index (χ1n) is 5.76. The van der Waals surface area contributed by atoms with E-state index in [0.717, 1.165) is 13.0 Å². The van der Waals surface area contributed by atoms with Crippen molar-refractivity contribution in [1.29, 1.82) is 0 Å². The standard InChI is InChI=1S/C12H13F4NO4/c1-6(18)17-5-10(19)11(20)8-4-7(2-3-9(8)13)21-12(14,15)16/h2-4,10-11,19-20H,5H2,1H3,(H,17,18). The van der Waals surface area contributed by atoms with Gasteiger partial charge in [-0.05, 0) is 18.2 Å². The van der Waals surface area contributed by atoms with Crippen molar-refractivity contribution in [2.45, 2.75) is 25.5 Å². The summed E-state index contributed by atoms with van der Waals surface area (Å²) in [5, 5.41) is 21.5. The van der Waals surface area contributed by atoms with Crippen molar-refractivity contribution in [3.05, 3.63) is 29.6 Å². The molecule has 1 rings (SSSR count). The van der Waals surface area contributed by atoms with Gasteiger partial charge in [0.05, 0.1) is 0 Å². The van der Waals surface area contributed by atoms with Crippen molar-refractivity contribution >= 4 is 5.91 Å². The number of aliphatic hydroxyl groups excluding tert-OH is 2. The molecule has 0 aliphatic carbocycles. The molecule has 0 aliphatic rings. The molecule has 3 N–H and O–H groups in total. The predicted molar refractivity (Wildman–Crippen MR) is 62.7 cm³/mol. The zero-order valence-corrected chi connectivity index (χ0v) is 10.8. The normalized spacial score (nSPS) is 14.4. The summed E-state index contributed by atoms with van der Waals surface area (Å²) in [6.45, 7) is 0.776. The average Bonchev–Trinajstić information content (AvgIpc) is 2.35. The van der Waals surface area contributed by atoms with E-state index in [-0.39, 0.29) is 6.54 Å². The van der Waals surface area contributed by atoms with Crippen LogP contribution in [0.5, 0.6) is 5.75 Å². The lowest BCUT2D eigenvalue weighted by Gasteiger charge is -2.19. The monoisotopic (exact) mass is 311 g/mol. The molecule has 9 heteroatoms. The van der Waals surface area contributed by atoms with Crippen LogP contribution in [0.25, 0.3) is 0 Å². The lowest BCUT2D eigenvalue weighted by molar-refractivity contribution is -0.274. The molecule has 1 aromatic carbocycles. The minimum Gasteiger partial charge on any atom is -0.406 e. The van der Waals surface area contributed by atoms with Gasteiger partial charge in [-0.1, -0.05) is 0 Å². The van der Waals surface area contributed by atoms with E-state index < -0.39 is 41.6 Å². The molecule has 0 bridgehead atoms. The molecule has 5 nitrogen and oxygen atoms in total. The van der Waals surface area contributed by atoms with Crippen LogP contribution in [-0.2, 0) is 4.79 Å². The fraction of sp³-hybridized carbons (Fsp3) is 0.417. The molecule has 0 spiro atoms. The van der Waals surface area contributed by atoms with E-state index in [9.17, 15) is 32.6 Å². The van der Waals surface area contributed by atoms with Gasteiger partial charge in [-0.25, -0.2) is 4.39 Å². The SMILES string of the molecule is CC(=O)NCC(O)C(O)c1cc(OC(F)(F)F)ccc1F. The Bertz CT molecular complexity index is 507. The molecule has 2 atom stereocenters. The molecule has 2 unspecified atom stereocenters. The second-order valence-corrected chi connectivity index (χ2v) is 4.18. The maximum atomic E-state index is 13.5. The lowest BCUT2D eigenvalue weighted by Crippen LogP contribution is -2.34. The molecule has 1 aromatic rings. The Morgan fingerprint density at radius 1 is 1.38 bits per heavy atom. The molecule has 0 fully saturated rings. The summed E-state index contributed by atoms with van der Waals surface area (Å²) in [5.74, 6) is -2.24. The number of benzene rings is 1. The Labute approximate surface area is 117 Å². The van der Waals surface area contributed by atoms with Crippen LogP contribution in [0.1, 0.15) is 18.6 Å². The van der Waals surface area contributed by atoms with Crippen LogP contribution in [0.3, 0.4) is 0 Å². The van der Waals surface area contributed by atoms with Crippen molar-refractivity contribution < 1.29 is 37.3 Å². The van der Waals surface area contributed by atoms with Gasteiger partial charge in [0.15, 0.2) is 0 Å². The van der Waals surface area contributed by atoms with E-state index in [1.165, 1.54) is 0 Å². The Kier molecular flexibility index (Phi) is 5.50. The highest BCUT2D eigenvalue weighted by Gasteiger charge is 2.32. The molecule has 0 radical (unpaired) electrons. The first-order chi connectivity index (χ1) is 9.60. The summed E-state index contributed by atoms with van der Waals surface area (Å²) < 4.78 is 53.3. The molecule has 1 amide bonds. The molecular weight excluding hydrogens is 298 g/mol. The van der Waals surface area contributed by atoms with Crippen LogP contribution < -0.4 is 10.1 Å². The van der Waals surface area contributed by atoms with Gasteiger partial charge in [0.25, 0.3) is 0 Å². The van der Waals surface area contributed by atoms with Crippen molar-refractivity contribution in [3.63, 3.8) is 0 Å². The van der Waals surface area contributed by atoms with Crippen molar-refractivity contribution in [3.8, 4) is 5.75 Å². The maximum absolute atomic E-state index is 13.5. The van der Waals surface area contributed by atoms with Gasteiger partial charge < -0.3 is 20.3 Å². The molecular formula is C12H13F4NO4. The summed E-state index contributed by atoms with van der Waals surface area (Å²) in [7, 11) is 0. The fourth-order valence-corrected chi connectivity index (χ4v) is 1.51. The molecule has 0 saturated heterocycles. The van der Waals surface area contributed by atoms with Gasteiger partial charge in [0.1, 0.15) is 23.8 Å². The molecule has 0 heterocycles. The first-order valence-corrected chi connectivity index (χ1v) is 5.76. The van der Waals surface area contributed by atoms with Gasteiger partial charge in [-0.15, -0.1) is 13.2 Å². The summed E-state index contributed by atoms with van der Waals surface area (Å²) >= 11 is 0. The molecule has 118 valence electrons. The zero-order valence-electron chi connectivity index (χ0n) is 10.8. The van der Waals surface area contributed by atoms with Gasteiger partial charge in [0, 0.05) is 19.0 Å².